The molecule has 2 heterocycles. The molecule has 0 spiro atoms. The number of esters is 1. The number of ether oxygens (including phenoxy) is 1. The van der Waals surface area contributed by atoms with Gasteiger partial charge in [-0.25, -0.2) is 13.2 Å². The quantitative estimate of drug-likeness (QED) is 0.592. The van der Waals surface area contributed by atoms with Crippen molar-refractivity contribution < 1.29 is 22.4 Å². The number of aromatic nitrogens is 2. The first-order chi connectivity index (χ1) is 12.4. The minimum atomic E-state index is -3.55. The predicted octanol–water partition coefficient (Wildman–Crippen LogP) is 3.51. The Morgan fingerprint density at radius 3 is 2.69 bits per heavy atom. The Morgan fingerprint density at radius 2 is 2.00 bits per heavy atom. The Balaban J connectivity index is 1.81. The zero-order valence-electron chi connectivity index (χ0n) is 14.1. The van der Waals surface area contributed by atoms with E-state index in [1.807, 2.05) is 17.5 Å². The fraction of sp³-hybridized carbons (Fsp3) is 0.235. The predicted molar refractivity (Wildman–Crippen MR) is 95.6 cm³/mol. The van der Waals surface area contributed by atoms with Crippen molar-refractivity contribution in [3.05, 3.63) is 53.2 Å². The van der Waals surface area contributed by atoms with Crippen LogP contribution in [0, 0.1) is 0 Å². The van der Waals surface area contributed by atoms with Crippen molar-refractivity contribution in [2.75, 3.05) is 5.75 Å². The van der Waals surface area contributed by atoms with Crippen LogP contribution in [-0.2, 0) is 14.6 Å². The molecule has 0 N–H and O–H groups in total. The minimum Gasteiger partial charge on any atom is -0.449 e. The van der Waals surface area contributed by atoms with Crippen LogP contribution >= 0.6 is 11.3 Å². The third-order valence-corrected chi connectivity index (χ3v) is 6.27. The highest BCUT2D eigenvalue weighted by Gasteiger charge is 2.25. The van der Waals surface area contributed by atoms with Crippen LogP contribution in [-0.4, -0.2) is 30.3 Å². The average Bonchev–Trinajstić information content (AvgIpc) is 3.33. The first-order valence-corrected chi connectivity index (χ1v) is 10.4. The summed E-state index contributed by atoms with van der Waals surface area (Å²) in [6.45, 7) is 3.10. The molecule has 0 bridgehead atoms. The summed E-state index contributed by atoms with van der Waals surface area (Å²) >= 11 is 1.45. The Morgan fingerprint density at radius 1 is 1.23 bits per heavy atom. The molecule has 7 nitrogen and oxygen atoms in total. The molecule has 3 aromatic rings. The third-order valence-electron chi connectivity index (χ3n) is 3.63. The van der Waals surface area contributed by atoms with Gasteiger partial charge in [0.2, 0.25) is 0 Å². The van der Waals surface area contributed by atoms with Crippen LogP contribution in [0.1, 0.15) is 36.2 Å². The first-order valence-electron chi connectivity index (χ1n) is 7.82. The van der Waals surface area contributed by atoms with Gasteiger partial charge in [-0.05, 0) is 30.5 Å². The Hall–Kier alpha value is -2.52. The van der Waals surface area contributed by atoms with E-state index in [0.29, 0.717) is 5.89 Å². The molecule has 1 aromatic carbocycles. The summed E-state index contributed by atoms with van der Waals surface area (Å²) in [4.78, 5) is 13.2. The summed E-state index contributed by atoms with van der Waals surface area (Å²) in [5.41, 5.74) is -0.0146. The van der Waals surface area contributed by atoms with Gasteiger partial charge in [0.15, 0.2) is 15.9 Å². The Labute approximate surface area is 154 Å². The van der Waals surface area contributed by atoms with E-state index in [2.05, 4.69) is 10.2 Å². The fourth-order valence-corrected chi connectivity index (χ4v) is 3.96. The maximum atomic E-state index is 12.5. The summed E-state index contributed by atoms with van der Waals surface area (Å²) in [6.07, 6.45) is -0.818. The molecule has 1 unspecified atom stereocenters. The Kier molecular flexibility index (Phi) is 5.19. The SMILES string of the molecule is CCS(=O)(=O)c1ccccc1C(=O)OC(C)c1nnc(-c2cccs2)o1. The van der Waals surface area contributed by atoms with Crippen LogP contribution in [0.5, 0.6) is 0 Å². The Bertz CT molecular complexity index is 1010. The second-order valence-electron chi connectivity index (χ2n) is 5.37. The van der Waals surface area contributed by atoms with E-state index in [1.165, 1.54) is 30.4 Å². The van der Waals surface area contributed by atoms with E-state index in [4.69, 9.17) is 9.15 Å². The monoisotopic (exact) mass is 392 g/mol. The summed E-state index contributed by atoms with van der Waals surface area (Å²) in [6, 6.07) is 9.65. The highest BCUT2D eigenvalue weighted by Crippen LogP contribution is 2.27. The van der Waals surface area contributed by atoms with Gasteiger partial charge in [-0.1, -0.05) is 25.1 Å². The zero-order valence-corrected chi connectivity index (χ0v) is 15.7. The zero-order chi connectivity index (χ0) is 18.7. The van der Waals surface area contributed by atoms with Gasteiger partial charge in [0.1, 0.15) is 0 Å². The van der Waals surface area contributed by atoms with Crippen LogP contribution in [0.25, 0.3) is 10.8 Å². The second kappa shape index (κ2) is 7.38. The molecule has 0 aliphatic carbocycles. The van der Waals surface area contributed by atoms with Gasteiger partial charge in [-0.3, -0.25) is 0 Å². The van der Waals surface area contributed by atoms with Crippen molar-refractivity contribution in [3.8, 4) is 10.8 Å². The van der Waals surface area contributed by atoms with Crippen molar-refractivity contribution >= 4 is 27.1 Å². The van der Waals surface area contributed by atoms with Crippen molar-refractivity contribution in [1.29, 1.82) is 0 Å². The third kappa shape index (κ3) is 3.68. The lowest BCUT2D eigenvalue weighted by Crippen LogP contribution is -2.15. The first kappa shape index (κ1) is 18.3. The summed E-state index contributed by atoms with van der Waals surface area (Å²) < 4.78 is 35.2. The van der Waals surface area contributed by atoms with Gasteiger partial charge in [-0.15, -0.1) is 21.5 Å². The molecule has 0 aliphatic rings. The van der Waals surface area contributed by atoms with Crippen LogP contribution in [0.3, 0.4) is 0 Å². The fourth-order valence-electron chi connectivity index (χ4n) is 2.24. The van der Waals surface area contributed by atoms with Crippen LogP contribution < -0.4 is 0 Å². The number of thiophene rings is 1. The van der Waals surface area contributed by atoms with Gasteiger partial charge in [0.05, 0.1) is 21.1 Å². The number of rotatable bonds is 6. The summed E-state index contributed by atoms with van der Waals surface area (Å²) in [5.74, 6) is -0.397. The highest BCUT2D eigenvalue weighted by atomic mass is 32.2. The van der Waals surface area contributed by atoms with Crippen molar-refractivity contribution in [2.24, 2.45) is 0 Å². The molecule has 0 aliphatic heterocycles. The molecular weight excluding hydrogens is 376 g/mol. The number of nitrogens with zero attached hydrogens (tertiary/aromatic N) is 2. The van der Waals surface area contributed by atoms with E-state index in [9.17, 15) is 13.2 Å². The van der Waals surface area contributed by atoms with Crippen molar-refractivity contribution in [2.45, 2.75) is 24.8 Å². The minimum absolute atomic E-state index is 0.0146. The van der Waals surface area contributed by atoms with E-state index in [1.54, 1.807) is 19.1 Å². The topological polar surface area (TPSA) is 99.4 Å². The lowest BCUT2D eigenvalue weighted by Gasteiger charge is -2.12. The molecule has 26 heavy (non-hydrogen) atoms. The molecule has 2 aromatic heterocycles. The smallest absolute Gasteiger partial charge is 0.340 e. The van der Waals surface area contributed by atoms with E-state index in [0.717, 1.165) is 4.88 Å². The number of sulfone groups is 1. The maximum absolute atomic E-state index is 12.5. The molecule has 0 saturated carbocycles. The maximum Gasteiger partial charge on any atom is 0.340 e. The van der Waals surface area contributed by atoms with Gasteiger partial charge in [-0.2, -0.15) is 0 Å². The molecule has 3 rings (SSSR count). The molecule has 0 radical (unpaired) electrons. The molecule has 0 fully saturated rings. The number of hydrogen-bond acceptors (Lipinski definition) is 8. The molecular formula is C17H16N2O5S2. The highest BCUT2D eigenvalue weighted by molar-refractivity contribution is 7.91. The molecule has 0 saturated heterocycles. The largest absolute Gasteiger partial charge is 0.449 e. The number of hydrogen-bond donors (Lipinski definition) is 0. The number of carbonyl (C=O) groups excluding carboxylic acids is 1. The van der Waals surface area contributed by atoms with Gasteiger partial charge < -0.3 is 9.15 Å². The lowest BCUT2D eigenvalue weighted by atomic mass is 10.2. The summed E-state index contributed by atoms with van der Waals surface area (Å²) in [7, 11) is -3.55. The number of benzene rings is 1. The molecule has 1 atom stereocenters. The second-order valence-corrected chi connectivity index (χ2v) is 8.56. The van der Waals surface area contributed by atoms with Gasteiger partial charge in [0, 0.05) is 0 Å². The molecule has 0 amide bonds. The molecule has 136 valence electrons. The molecule has 9 heteroatoms. The van der Waals surface area contributed by atoms with Gasteiger partial charge >= 0.3 is 5.97 Å². The lowest BCUT2D eigenvalue weighted by molar-refractivity contribution is 0.0275. The van der Waals surface area contributed by atoms with Crippen LogP contribution in [0.15, 0.2) is 51.1 Å². The van der Waals surface area contributed by atoms with E-state index < -0.39 is 21.9 Å². The van der Waals surface area contributed by atoms with Crippen LogP contribution in [0.2, 0.25) is 0 Å². The van der Waals surface area contributed by atoms with Crippen molar-refractivity contribution in [3.63, 3.8) is 0 Å². The van der Waals surface area contributed by atoms with Crippen molar-refractivity contribution in [1.82, 2.24) is 10.2 Å². The van der Waals surface area contributed by atoms with E-state index >= 15 is 0 Å². The van der Waals surface area contributed by atoms with Crippen LogP contribution in [0.4, 0.5) is 0 Å². The summed E-state index contributed by atoms with van der Waals surface area (Å²) in [5, 5.41) is 9.72. The average molecular weight is 392 g/mol. The van der Waals surface area contributed by atoms with Gasteiger partial charge in [0.25, 0.3) is 11.8 Å². The van der Waals surface area contributed by atoms with E-state index in [-0.39, 0.29) is 22.1 Å². The standard InChI is InChI=1S/C17H16N2O5S2/c1-3-26(21,22)14-9-5-4-7-12(14)17(20)23-11(2)15-18-19-16(24-15)13-8-6-10-25-13/h4-11H,3H2,1-2H3. The normalized spacial score (nSPS) is 12.7. The number of carbonyl (C=O) groups is 1.